The van der Waals surface area contributed by atoms with Crippen LogP contribution in [-0.4, -0.2) is 22.6 Å². The first-order valence-electron chi connectivity index (χ1n) is 9.88. The van der Waals surface area contributed by atoms with Gasteiger partial charge < -0.3 is 20.4 Å². The highest BCUT2D eigenvalue weighted by Gasteiger charge is 2.20. The lowest BCUT2D eigenvalue weighted by atomic mass is 10.2. The molecule has 0 saturated carbocycles. The summed E-state index contributed by atoms with van der Waals surface area (Å²) in [4.78, 5) is 16.8. The summed E-state index contributed by atoms with van der Waals surface area (Å²) < 4.78 is 7.57. The van der Waals surface area contributed by atoms with E-state index in [0.29, 0.717) is 12.1 Å². The molecule has 0 radical (unpaired) electrons. The summed E-state index contributed by atoms with van der Waals surface area (Å²) in [7, 11) is 1.65. The molecule has 4 rings (SSSR count). The number of thiazole rings is 1. The van der Waals surface area contributed by atoms with E-state index < -0.39 is 5.91 Å². The van der Waals surface area contributed by atoms with Gasteiger partial charge >= 0.3 is 0 Å². The smallest absolute Gasteiger partial charge is 0.250 e. The fourth-order valence-electron chi connectivity index (χ4n) is 3.59. The third kappa shape index (κ3) is 4.18. The van der Waals surface area contributed by atoms with Crippen molar-refractivity contribution in [3.63, 3.8) is 0 Å². The molecule has 0 aliphatic rings. The van der Waals surface area contributed by atoms with Crippen molar-refractivity contribution in [2.45, 2.75) is 20.4 Å². The highest BCUT2D eigenvalue weighted by Crippen LogP contribution is 2.32. The molecule has 0 spiro atoms. The van der Waals surface area contributed by atoms with Gasteiger partial charge in [0.15, 0.2) is 5.13 Å². The van der Waals surface area contributed by atoms with Crippen LogP contribution in [0.2, 0.25) is 0 Å². The number of ether oxygens (including phenoxy) is 1. The summed E-state index contributed by atoms with van der Waals surface area (Å²) in [6.45, 7) is 4.49. The molecule has 3 N–H and O–H groups in total. The molecule has 2 aromatic carbocycles. The van der Waals surface area contributed by atoms with Gasteiger partial charge in [0.05, 0.1) is 30.6 Å². The van der Waals surface area contributed by atoms with Crippen molar-refractivity contribution in [3.05, 3.63) is 82.4 Å². The van der Waals surface area contributed by atoms with Crippen molar-refractivity contribution in [1.29, 1.82) is 0 Å². The average Bonchev–Trinajstić information content (AvgIpc) is 3.35. The number of amides is 1. The van der Waals surface area contributed by atoms with Gasteiger partial charge in [0.25, 0.3) is 5.91 Å². The van der Waals surface area contributed by atoms with Crippen LogP contribution in [0.3, 0.4) is 0 Å². The summed E-state index contributed by atoms with van der Waals surface area (Å²) in [6, 6.07) is 17.7. The number of hydrogen-bond donors (Lipinski definition) is 2. The van der Waals surface area contributed by atoms with Crippen molar-refractivity contribution in [1.82, 2.24) is 9.55 Å². The number of para-hydroxylation sites is 2. The first-order valence-corrected chi connectivity index (χ1v) is 10.8. The van der Waals surface area contributed by atoms with Crippen LogP contribution in [0.5, 0.6) is 5.75 Å². The molecule has 0 aliphatic carbocycles. The van der Waals surface area contributed by atoms with Gasteiger partial charge in [-0.15, -0.1) is 11.3 Å². The maximum absolute atomic E-state index is 12.0. The van der Waals surface area contributed by atoms with Crippen LogP contribution in [0.25, 0.3) is 11.4 Å². The Hall–Kier alpha value is -3.58. The molecule has 0 aliphatic heterocycles. The molecule has 2 heterocycles. The summed E-state index contributed by atoms with van der Waals surface area (Å²) in [5.74, 6) is 0.341. The molecular formula is C24H24N4O2S. The lowest BCUT2D eigenvalue weighted by Gasteiger charge is -2.14. The minimum atomic E-state index is -0.453. The van der Waals surface area contributed by atoms with Crippen LogP contribution >= 0.6 is 11.3 Å². The largest absolute Gasteiger partial charge is 0.496 e. The number of methoxy groups -OCH3 is 1. The Morgan fingerprint density at radius 2 is 1.90 bits per heavy atom. The highest BCUT2D eigenvalue weighted by atomic mass is 32.1. The summed E-state index contributed by atoms with van der Waals surface area (Å²) in [6.07, 6.45) is 0. The zero-order valence-electron chi connectivity index (χ0n) is 17.7. The molecule has 158 valence electrons. The van der Waals surface area contributed by atoms with Crippen molar-refractivity contribution in [2.24, 2.45) is 5.73 Å². The Morgan fingerprint density at radius 3 is 2.65 bits per heavy atom. The summed E-state index contributed by atoms with van der Waals surface area (Å²) in [5.41, 5.74) is 11.7. The molecule has 0 bridgehead atoms. The monoisotopic (exact) mass is 432 g/mol. The van der Waals surface area contributed by atoms with Gasteiger partial charge in [0.1, 0.15) is 5.75 Å². The minimum Gasteiger partial charge on any atom is -0.496 e. The van der Waals surface area contributed by atoms with Crippen LogP contribution in [0.1, 0.15) is 27.2 Å². The fraction of sp³-hybridized carbons (Fsp3) is 0.167. The Labute approximate surface area is 185 Å². The number of anilines is 2. The van der Waals surface area contributed by atoms with Crippen molar-refractivity contribution in [3.8, 4) is 17.1 Å². The number of nitrogens with one attached hydrogen (secondary N) is 1. The predicted molar refractivity (Wildman–Crippen MR) is 125 cm³/mol. The number of hydrogen-bond acceptors (Lipinski definition) is 5. The zero-order chi connectivity index (χ0) is 22.0. The Kier molecular flexibility index (Phi) is 5.77. The minimum absolute atomic E-state index is 0.453. The lowest BCUT2D eigenvalue weighted by molar-refractivity contribution is 0.0999. The summed E-state index contributed by atoms with van der Waals surface area (Å²) in [5, 5.41) is 6.15. The van der Waals surface area contributed by atoms with Gasteiger partial charge in [-0.3, -0.25) is 4.79 Å². The van der Waals surface area contributed by atoms with Gasteiger partial charge in [-0.1, -0.05) is 36.4 Å². The molecule has 0 atom stereocenters. The van der Waals surface area contributed by atoms with Gasteiger partial charge in [0.2, 0.25) is 0 Å². The van der Waals surface area contributed by atoms with E-state index in [1.165, 1.54) is 11.3 Å². The third-order valence-corrected chi connectivity index (χ3v) is 6.06. The van der Waals surface area contributed by atoms with Crippen LogP contribution in [-0.2, 0) is 6.54 Å². The summed E-state index contributed by atoms with van der Waals surface area (Å²) >= 11 is 1.52. The lowest BCUT2D eigenvalue weighted by Crippen LogP contribution is -2.13. The molecule has 4 aromatic rings. The maximum atomic E-state index is 12.0. The number of primary amides is 1. The zero-order valence-corrected chi connectivity index (χ0v) is 18.5. The molecular weight excluding hydrogens is 408 g/mol. The number of aryl methyl sites for hydroxylation is 1. The maximum Gasteiger partial charge on any atom is 0.250 e. The first kappa shape index (κ1) is 20.7. The number of rotatable bonds is 7. The van der Waals surface area contributed by atoms with Crippen molar-refractivity contribution in [2.75, 3.05) is 12.4 Å². The van der Waals surface area contributed by atoms with Crippen molar-refractivity contribution >= 4 is 28.1 Å². The molecule has 1 amide bonds. The van der Waals surface area contributed by atoms with E-state index in [9.17, 15) is 4.79 Å². The normalized spacial score (nSPS) is 10.8. The van der Waals surface area contributed by atoms with Crippen LogP contribution in [0, 0.1) is 13.8 Å². The van der Waals surface area contributed by atoms with Crippen LogP contribution < -0.4 is 15.8 Å². The molecule has 0 fully saturated rings. The molecule has 6 nitrogen and oxygen atoms in total. The average molecular weight is 433 g/mol. The predicted octanol–water partition coefficient (Wildman–Crippen LogP) is 5.13. The van der Waals surface area contributed by atoms with E-state index in [2.05, 4.69) is 22.9 Å². The molecule has 31 heavy (non-hydrogen) atoms. The van der Waals surface area contributed by atoms with Gasteiger partial charge in [-0.25, -0.2) is 4.98 Å². The molecule has 2 aromatic heterocycles. The Balaban J connectivity index is 1.73. The van der Waals surface area contributed by atoms with E-state index >= 15 is 0 Å². The standard InChI is InChI=1S/C24H24N4O2S/c1-15-8-4-6-10-19(15)26-24-27-20(14-31-24)21-12-18(23(25)29)16(2)28(21)13-17-9-5-7-11-22(17)30-3/h4-12,14H,13H2,1-3H3,(H2,25,29)(H,26,27). The van der Waals surface area contributed by atoms with E-state index in [-0.39, 0.29) is 0 Å². The molecule has 7 heteroatoms. The van der Waals surface area contributed by atoms with Gasteiger partial charge in [-0.2, -0.15) is 0 Å². The van der Waals surface area contributed by atoms with Crippen LogP contribution in [0.15, 0.2) is 60.0 Å². The number of aromatic nitrogens is 2. The van der Waals surface area contributed by atoms with E-state index in [0.717, 1.165) is 44.8 Å². The number of nitrogens with zero attached hydrogens (tertiary/aromatic N) is 2. The quantitative estimate of drug-likeness (QED) is 0.424. The van der Waals surface area contributed by atoms with E-state index in [1.54, 1.807) is 7.11 Å². The second-order valence-corrected chi connectivity index (χ2v) is 8.13. The fourth-order valence-corrected chi connectivity index (χ4v) is 4.31. The first-order chi connectivity index (χ1) is 15.0. The number of nitrogens with two attached hydrogens (primary N) is 1. The Morgan fingerprint density at radius 1 is 1.16 bits per heavy atom. The second-order valence-electron chi connectivity index (χ2n) is 7.27. The third-order valence-electron chi connectivity index (χ3n) is 5.31. The number of benzene rings is 2. The number of carbonyl (C=O) groups is 1. The van der Waals surface area contributed by atoms with Crippen molar-refractivity contribution < 1.29 is 9.53 Å². The second kappa shape index (κ2) is 8.65. The highest BCUT2D eigenvalue weighted by molar-refractivity contribution is 7.14. The van der Waals surface area contributed by atoms with Gasteiger partial charge in [0, 0.05) is 22.3 Å². The Bertz CT molecular complexity index is 1240. The topological polar surface area (TPSA) is 82.2 Å². The van der Waals surface area contributed by atoms with Gasteiger partial charge in [-0.05, 0) is 37.6 Å². The van der Waals surface area contributed by atoms with Crippen LogP contribution in [0.4, 0.5) is 10.8 Å². The van der Waals surface area contributed by atoms with E-state index in [1.807, 2.05) is 60.8 Å². The number of carbonyl (C=O) groups excluding carboxylic acids is 1. The SMILES string of the molecule is COc1ccccc1Cn1c(-c2csc(Nc3ccccc3C)n2)cc(C(N)=O)c1C. The molecule has 0 saturated heterocycles. The molecule has 0 unspecified atom stereocenters. The van der Waals surface area contributed by atoms with E-state index in [4.69, 9.17) is 15.5 Å².